The number of rotatable bonds is 8. The Bertz CT molecular complexity index is 659. The third-order valence-electron chi connectivity index (χ3n) is 4.05. The van der Waals surface area contributed by atoms with Gasteiger partial charge < -0.3 is 14.4 Å². The molecule has 0 bridgehead atoms. The second-order valence-corrected chi connectivity index (χ2v) is 8.25. The van der Waals surface area contributed by atoms with Gasteiger partial charge in [0.2, 0.25) is 5.91 Å². The summed E-state index contributed by atoms with van der Waals surface area (Å²) in [6.07, 6.45) is 0.866. The third kappa shape index (κ3) is 5.40. The topological polar surface area (TPSA) is 72.9 Å². The number of ether oxygens (including phenoxy) is 2. The SMILES string of the molecule is CCOc1ccccc1OCCN(C)C(=O)C[C@@H]1CCS(=O)(=O)C1. The Morgan fingerprint density at radius 3 is 2.50 bits per heavy atom. The van der Waals surface area contributed by atoms with Crippen LogP contribution in [0.5, 0.6) is 11.5 Å². The lowest BCUT2D eigenvalue weighted by Gasteiger charge is -2.19. The molecule has 1 aromatic carbocycles. The summed E-state index contributed by atoms with van der Waals surface area (Å²) in [5, 5.41) is 0. The van der Waals surface area contributed by atoms with Gasteiger partial charge in [0.1, 0.15) is 6.61 Å². The van der Waals surface area contributed by atoms with Gasteiger partial charge in [-0.1, -0.05) is 12.1 Å². The molecule has 7 heteroatoms. The van der Waals surface area contributed by atoms with Crippen molar-refractivity contribution in [3.63, 3.8) is 0 Å². The lowest BCUT2D eigenvalue weighted by Crippen LogP contribution is -2.32. The van der Waals surface area contributed by atoms with Crippen molar-refractivity contribution in [2.24, 2.45) is 5.92 Å². The maximum absolute atomic E-state index is 12.2. The number of para-hydroxylation sites is 2. The Morgan fingerprint density at radius 2 is 1.92 bits per heavy atom. The Kier molecular flexibility index (Phi) is 6.48. The van der Waals surface area contributed by atoms with Crippen LogP contribution in [-0.2, 0) is 14.6 Å². The number of amides is 1. The fourth-order valence-electron chi connectivity index (χ4n) is 2.70. The highest BCUT2D eigenvalue weighted by Crippen LogP contribution is 2.26. The lowest BCUT2D eigenvalue weighted by atomic mass is 10.0. The van der Waals surface area contributed by atoms with Crippen LogP contribution < -0.4 is 9.47 Å². The number of sulfone groups is 1. The normalized spacial score (nSPS) is 19.0. The highest BCUT2D eigenvalue weighted by Gasteiger charge is 2.30. The first kappa shape index (κ1) is 18.6. The first-order valence-corrected chi connectivity index (χ1v) is 10.0. The molecular weight excluding hydrogens is 330 g/mol. The Hall–Kier alpha value is -1.76. The van der Waals surface area contributed by atoms with Crippen molar-refractivity contribution in [1.29, 1.82) is 0 Å². The molecule has 1 atom stereocenters. The molecule has 1 amide bonds. The molecule has 134 valence electrons. The number of carbonyl (C=O) groups excluding carboxylic acids is 1. The molecule has 1 aliphatic heterocycles. The molecule has 0 spiro atoms. The number of likely N-dealkylation sites (N-methyl/N-ethyl adjacent to an activating group) is 1. The van der Waals surface area contributed by atoms with Gasteiger partial charge in [0.15, 0.2) is 21.3 Å². The van der Waals surface area contributed by atoms with Crippen molar-refractivity contribution in [2.45, 2.75) is 19.8 Å². The van der Waals surface area contributed by atoms with Crippen LogP contribution in [0.2, 0.25) is 0 Å². The van der Waals surface area contributed by atoms with E-state index in [9.17, 15) is 13.2 Å². The van der Waals surface area contributed by atoms with Crippen LogP contribution in [0.1, 0.15) is 19.8 Å². The van der Waals surface area contributed by atoms with Crippen LogP contribution in [0, 0.1) is 5.92 Å². The fourth-order valence-corrected chi connectivity index (χ4v) is 4.56. The zero-order valence-electron chi connectivity index (χ0n) is 14.2. The monoisotopic (exact) mass is 355 g/mol. The summed E-state index contributed by atoms with van der Waals surface area (Å²) in [5.41, 5.74) is 0. The van der Waals surface area contributed by atoms with Gasteiger partial charge >= 0.3 is 0 Å². The van der Waals surface area contributed by atoms with Crippen LogP contribution in [-0.4, -0.2) is 57.5 Å². The molecule has 0 saturated carbocycles. The number of hydrogen-bond acceptors (Lipinski definition) is 5. The minimum atomic E-state index is -2.94. The largest absolute Gasteiger partial charge is 0.490 e. The third-order valence-corrected chi connectivity index (χ3v) is 5.89. The van der Waals surface area contributed by atoms with Gasteiger partial charge in [-0.2, -0.15) is 0 Å². The second-order valence-electron chi connectivity index (χ2n) is 6.02. The van der Waals surface area contributed by atoms with Gasteiger partial charge in [-0.05, 0) is 31.4 Å². The zero-order chi connectivity index (χ0) is 17.6. The number of carbonyl (C=O) groups is 1. The zero-order valence-corrected chi connectivity index (χ0v) is 15.0. The molecule has 6 nitrogen and oxygen atoms in total. The van der Waals surface area contributed by atoms with Gasteiger partial charge in [0.25, 0.3) is 0 Å². The first-order chi connectivity index (χ1) is 11.4. The quantitative estimate of drug-likeness (QED) is 0.710. The molecule has 0 aromatic heterocycles. The summed E-state index contributed by atoms with van der Waals surface area (Å²) >= 11 is 0. The van der Waals surface area contributed by atoms with Crippen molar-refractivity contribution < 1.29 is 22.7 Å². The molecule has 2 rings (SSSR count). The maximum Gasteiger partial charge on any atom is 0.222 e. The van der Waals surface area contributed by atoms with E-state index in [4.69, 9.17) is 9.47 Å². The van der Waals surface area contributed by atoms with E-state index >= 15 is 0 Å². The van der Waals surface area contributed by atoms with Crippen molar-refractivity contribution in [3.05, 3.63) is 24.3 Å². The van der Waals surface area contributed by atoms with Crippen molar-refractivity contribution in [2.75, 3.05) is 38.3 Å². The van der Waals surface area contributed by atoms with Gasteiger partial charge in [-0.15, -0.1) is 0 Å². The van der Waals surface area contributed by atoms with Crippen LogP contribution in [0.25, 0.3) is 0 Å². The Morgan fingerprint density at radius 1 is 1.25 bits per heavy atom. The summed E-state index contributed by atoms with van der Waals surface area (Å²) in [7, 11) is -1.23. The van der Waals surface area contributed by atoms with Crippen LogP contribution in [0.4, 0.5) is 0 Å². The van der Waals surface area contributed by atoms with Gasteiger partial charge in [0, 0.05) is 13.5 Å². The molecule has 0 N–H and O–H groups in total. The minimum Gasteiger partial charge on any atom is -0.490 e. The van der Waals surface area contributed by atoms with Crippen LogP contribution >= 0.6 is 0 Å². The van der Waals surface area contributed by atoms with Crippen LogP contribution in [0.15, 0.2) is 24.3 Å². The van der Waals surface area contributed by atoms with E-state index in [2.05, 4.69) is 0 Å². The summed E-state index contributed by atoms with van der Waals surface area (Å²) in [4.78, 5) is 13.8. The van der Waals surface area contributed by atoms with Crippen molar-refractivity contribution in [3.8, 4) is 11.5 Å². The molecule has 1 aliphatic rings. The molecule has 0 aliphatic carbocycles. The molecule has 1 heterocycles. The molecule has 1 aromatic rings. The number of benzene rings is 1. The first-order valence-electron chi connectivity index (χ1n) is 8.20. The summed E-state index contributed by atoms with van der Waals surface area (Å²) in [6.45, 7) is 3.27. The fraction of sp³-hybridized carbons (Fsp3) is 0.588. The van der Waals surface area contributed by atoms with Crippen molar-refractivity contribution >= 4 is 15.7 Å². The van der Waals surface area contributed by atoms with E-state index in [1.165, 1.54) is 0 Å². The van der Waals surface area contributed by atoms with Gasteiger partial charge in [0.05, 0.1) is 24.7 Å². The van der Waals surface area contributed by atoms with E-state index in [1.807, 2.05) is 31.2 Å². The van der Waals surface area contributed by atoms with E-state index < -0.39 is 9.84 Å². The van der Waals surface area contributed by atoms with E-state index in [-0.39, 0.29) is 29.8 Å². The molecule has 1 saturated heterocycles. The Balaban J connectivity index is 1.77. The average molecular weight is 355 g/mol. The number of nitrogens with zero attached hydrogens (tertiary/aromatic N) is 1. The molecule has 0 unspecified atom stereocenters. The number of hydrogen-bond donors (Lipinski definition) is 0. The summed E-state index contributed by atoms with van der Waals surface area (Å²) < 4.78 is 34.1. The van der Waals surface area contributed by atoms with Gasteiger partial charge in [-0.3, -0.25) is 4.79 Å². The van der Waals surface area contributed by atoms with E-state index in [0.29, 0.717) is 37.7 Å². The lowest BCUT2D eigenvalue weighted by molar-refractivity contribution is -0.131. The van der Waals surface area contributed by atoms with Gasteiger partial charge in [-0.25, -0.2) is 8.42 Å². The molecule has 1 fully saturated rings. The smallest absolute Gasteiger partial charge is 0.222 e. The predicted octanol–water partition coefficient (Wildman–Crippen LogP) is 1.75. The molecular formula is C17H25NO5S. The summed E-state index contributed by atoms with van der Waals surface area (Å²) in [6, 6.07) is 7.42. The summed E-state index contributed by atoms with van der Waals surface area (Å²) in [5.74, 6) is 1.58. The maximum atomic E-state index is 12.2. The van der Waals surface area contributed by atoms with E-state index in [1.54, 1.807) is 11.9 Å². The minimum absolute atomic E-state index is 0.0428. The second kappa shape index (κ2) is 8.37. The van der Waals surface area contributed by atoms with Crippen molar-refractivity contribution in [1.82, 2.24) is 4.90 Å². The highest BCUT2D eigenvalue weighted by atomic mass is 32.2. The van der Waals surface area contributed by atoms with E-state index in [0.717, 1.165) is 0 Å². The predicted molar refractivity (Wildman–Crippen MR) is 92.1 cm³/mol. The standard InChI is InChI=1S/C17H25NO5S/c1-3-22-15-6-4-5-7-16(15)23-10-9-18(2)17(19)12-14-8-11-24(20,21)13-14/h4-7,14H,3,8-13H2,1-2H3/t14-/m0/s1. The average Bonchev–Trinajstić information content (AvgIpc) is 2.88. The highest BCUT2D eigenvalue weighted by molar-refractivity contribution is 7.91. The molecule has 0 radical (unpaired) electrons. The Labute approximate surface area is 143 Å². The molecule has 24 heavy (non-hydrogen) atoms. The van der Waals surface area contributed by atoms with Crippen LogP contribution in [0.3, 0.4) is 0 Å².